The van der Waals surface area contributed by atoms with Crippen LogP contribution in [0.5, 0.6) is 5.75 Å². The molecule has 0 aromatic heterocycles. The summed E-state index contributed by atoms with van der Waals surface area (Å²) in [6, 6.07) is 9.84. The second-order valence-electron chi connectivity index (χ2n) is 7.42. The minimum absolute atomic E-state index is 0.00707. The number of piperidine rings is 1. The Kier molecular flexibility index (Phi) is 5.48. The van der Waals surface area contributed by atoms with Crippen molar-refractivity contribution in [3.8, 4) is 11.8 Å². The van der Waals surface area contributed by atoms with Crippen molar-refractivity contribution in [2.24, 2.45) is 5.73 Å². The molecule has 0 bridgehead atoms. The zero-order valence-electron chi connectivity index (χ0n) is 15.2. The Bertz CT molecular complexity index is 946. The van der Waals surface area contributed by atoms with Gasteiger partial charge in [0, 0.05) is 28.2 Å². The number of hydrogen-bond donors (Lipinski definition) is 1. The maximum atomic E-state index is 14.5. The van der Waals surface area contributed by atoms with E-state index in [0.717, 1.165) is 37.1 Å². The summed E-state index contributed by atoms with van der Waals surface area (Å²) in [6.07, 6.45) is 2.29. The molecular formula is C21H20Cl2FN3O. The summed E-state index contributed by atoms with van der Waals surface area (Å²) in [4.78, 5) is 2.31. The third-order valence-electron chi connectivity index (χ3n) is 5.54. The van der Waals surface area contributed by atoms with Gasteiger partial charge in [-0.25, -0.2) is 4.39 Å². The van der Waals surface area contributed by atoms with Crippen LogP contribution in [0.3, 0.4) is 0 Å². The van der Waals surface area contributed by atoms with E-state index in [4.69, 9.17) is 38.9 Å². The van der Waals surface area contributed by atoms with Crippen LogP contribution in [-0.4, -0.2) is 30.1 Å². The van der Waals surface area contributed by atoms with E-state index in [1.54, 1.807) is 12.1 Å². The summed E-state index contributed by atoms with van der Waals surface area (Å²) in [6.45, 7) is 1.67. The lowest BCUT2D eigenvalue weighted by Gasteiger charge is -2.38. The number of fused-ring (bicyclic) bond motifs is 1. The Balaban J connectivity index is 1.71. The van der Waals surface area contributed by atoms with Gasteiger partial charge in [0.05, 0.1) is 17.7 Å². The highest BCUT2D eigenvalue weighted by molar-refractivity contribution is 6.35. The monoisotopic (exact) mass is 419 g/mol. The van der Waals surface area contributed by atoms with Crippen LogP contribution < -0.4 is 10.5 Å². The maximum absolute atomic E-state index is 14.5. The normalized spacial score (nSPS) is 24.6. The van der Waals surface area contributed by atoms with Crippen LogP contribution in [0.2, 0.25) is 10.0 Å². The number of nitrogens with two attached hydrogens (primary N) is 1. The molecule has 2 aliphatic rings. The lowest BCUT2D eigenvalue weighted by molar-refractivity contribution is 0.0571. The van der Waals surface area contributed by atoms with Gasteiger partial charge in [0.15, 0.2) is 11.6 Å². The van der Waals surface area contributed by atoms with E-state index < -0.39 is 11.9 Å². The number of rotatable bonds is 3. The van der Waals surface area contributed by atoms with E-state index in [1.807, 2.05) is 12.1 Å². The lowest BCUT2D eigenvalue weighted by atomic mass is 10.0. The molecule has 1 heterocycles. The Morgan fingerprint density at radius 3 is 2.79 bits per heavy atom. The van der Waals surface area contributed by atoms with Gasteiger partial charge < -0.3 is 10.5 Å². The number of nitriles is 1. The number of hydrogen-bond acceptors (Lipinski definition) is 4. The second kappa shape index (κ2) is 7.88. The van der Waals surface area contributed by atoms with Gasteiger partial charge in [-0.3, -0.25) is 4.90 Å². The summed E-state index contributed by atoms with van der Waals surface area (Å²) in [5.41, 5.74) is 8.30. The van der Waals surface area contributed by atoms with E-state index in [9.17, 15) is 4.39 Å². The largest absolute Gasteiger partial charge is 0.481 e. The third-order valence-corrected chi connectivity index (χ3v) is 6.09. The van der Waals surface area contributed by atoms with E-state index in [-0.39, 0.29) is 23.4 Å². The van der Waals surface area contributed by atoms with Crippen LogP contribution in [0, 0.1) is 17.1 Å². The summed E-state index contributed by atoms with van der Waals surface area (Å²) in [5.74, 6) is -0.450. The number of ether oxygens (including phenoxy) is 1. The Morgan fingerprint density at radius 1 is 1.25 bits per heavy atom. The first-order chi connectivity index (χ1) is 13.5. The Morgan fingerprint density at radius 2 is 2.07 bits per heavy atom. The van der Waals surface area contributed by atoms with Crippen molar-refractivity contribution in [3.05, 3.63) is 62.9 Å². The van der Waals surface area contributed by atoms with Gasteiger partial charge in [-0.05, 0) is 61.7 Å². The molecule has 0 saturated carbocycles. The fraction of sp³-hybridized carbons (Fsp3) is 0.381. The molecule has 0 radical (unpaired) electrons. The number of nitrogens with zero attached hydrogens (tertiary/aromatic N) is 2. The number of likely N-dealkylation sites (tertiary alicyclic amines) is 1. The molecule has 2 N–H and O–H groups in total. The molecule has 3 atom stereocenters. The number of benzene rings is 2. The summed E-state index contributed by atoms with van der Waals surface area (Å²) in [5, 5.41) is 10.1. The van der Waals surface area contributed by atoms with Crippen LogP contribution in [0.25, 0.3) is 0 Å². The molecule has 2 aromatic carbocycles. The lowest BCUT2D eigenvalue weighted by Crippen LogP contribution is -2.49. The average molecular weight is 420 g/mol. The van der Waals surface area contributed by atoms with E-state index in [0.29, 0.717) is 16.5 Å². The zero-order valence-corrected chi connectivity index (χ0v) is 16.7. The minimum Gasteiger partial charge on any atom is -0.481 e. The van der Waals surface area contributed by atoms with Crippen molar-refractivity contribution in [2.75, 3.05) is 13.1 Å². The SMILES string of the molecule is N#Cc1ccc(O[C@H]2c3cc(Cl)cc(Cl)c3C[C@@H]2N2CCCC(N)C2)c(F)c1. The van der Waals surface area contributed by atoms with E-state index >= 15 is 0 Å². The van der Waals surface area contributed by atoms with Crippen LogP contribution in [0.1, 0.15) is 35.6 Å². The molecule has 2 aromatic rings. The van der Waals surface area contributed by atoms with Crippen LogP contribution in [-0.2, 0) is 6.42 Å². The summed E-state index contributed by atoms with van der Waals surface area (Å²) < 4.78 is 20.7. The predicted octanol–water partition coefficient (Wildman–Crippen LogP) is 4.47. The van der Waals surface area contributed by atoms with Gasteiger partial charge in [0.2, 0.25) is 0 Å². The van der Waals surface area contributed by atoms with Crippen LogP contribution in [0.4, 0.5) is 4.39 Å². The first-order valence-corrected chi connectivity index (χ1v) is 10.1. The van der Waals surface area contributed by atoms with Crippen molar-refractivity contribution >= 4 is 23.2 Å². The summed E-state index contributed by atoms with van der Waals surface area (Å²) >= 11 is 12.7. The van der Waals surface area contributed by atoms with Gasteiger partial charge in [-0.15, -0.1) is 0 Å². The molecule has 4 rings (SSSR count). The maximum Gasteiger partial charge on any atom is 0.166 e. The molecule has 1 aliphatic heterocycles. The quantitative estimate of drug-likeness (QED) is 0.796. The summed E-state index contributed by atoms with van der Waals surface area (Å²) in [7, 11) is 0. The van der Waals surface area contributed by atoms with E-state index in [2.05, 4.69) is 4.90 Å². The molecule has 1 unspecified atom stereocenters. The van der Waals surface area contributed by atoms with Crippen molar-refractivity contribution in [2.45, 2.75) is 37.5 Å². The topological polar surface area (TPSA) is 62.3 Å². The fourth-order valence-corrected chi connectivity index (χ4v) is 4.81. The smallest absolute Gasteiger partial charge is 0.166 e. The van der Waals surface area contributed by atoms with Crippen molar-refractivity contribution in [1.29, 1.82) is 5.26 Å². The van der Waals surface area contributed by atoms with Crippen LogP contribution in [0.15, 0.2) is 30.3 Å². The molecule has 146 valence electrons. The van der Waals surface area contributed by atoms with Gasteiger partial charge in [-0.1, -0.05) is 23.2 Å². The molecule has 1 saturated heterocycles. The Hall–Kier alpha value is -1.84. The molecule has 7 heteroatoms. The number of halogens is 3. The highest BCUT2D eigenvalue weighted by Crippen LogP contribution is 2.43. The molecule has 0 amide bonds. The third kappa shape index (κ3) is 3.70. The van der Waals surface area contributed by atoms with Gasteiger partial charge in [-0.2, -0.15) is 5.26 Å². The zero-order chi connectivity index (χ0) is 19.8. The van der Waals surface area contributed by atoms with Gasteiger partial charge >= 0.3 is 0 Å². The minimum atomic E-state index is -0.560. The predicted molar refractivity (Wildman–Crippen MR) is 107 cm³/mol. The van der Waals surface area contributed by atoms with Crippen LogP contribution >= 0.6 is 23.2 Å². The highest BCUT2D eigenvalue weighted by atomic mass is 35.5. The standard InChI is InChI=1S/C21H20Cl2FN3O/c22-13-7-16-15(17(23)8-13)9-19(27-5-1-2-14(26)11-27)21(16)28-20-4-3-12(10-25)6-18(20)24/h3-4,6-8,14,19,21H,1-2,5,9,11,26H2/t14?,19-,21-/m0/s1. The molecule has 4 nitrogen and oxygen atoms in total. The second-order valence-corrected chi connectivity index (χ2v) is 8.26. The van der Waals surface area contributed by atoms with E-state index in [1.165, 1.54) is 12.1 Å². The highest BCUT2D eigenvalue weighted by Gasteiger charge is 2.41. The Labute approximate surface area is 173 Å². The van der Waals surface area contributed by atoms with Crippen molar-refractivity contribution in [1.82, 2.24) is 4.90 Å². The first kappa shape index (κ1) is 19.5. The first-order valence-electron chi connectivity index (χ1n) is 9.30. The molecule has 28 heavy (non-hydrogen) atoms. The molecular weight excluding hydrogens is 400 g/mol. The average Bonchev–Trinajstić information content (AvgIpc) is 3.02. The molecule has 1 fully saturated rings. The molecule has 1 aliphatic carbocycles. The van der Waals surface area contributed by atoms with Crippen molar-refractivity contribution < 1.29 is 9.13 Å². The molecule has 0 spiro atoms. The van der Waals surface area contributed by atoms with Gasteiger partial charge in [0.1, 0.15) is 6.10 Å². The van der Waals surface area contributed by atoms with Gasteiger partial charge in [0.25, 0.3) is 0 Å². The fourth-order valence-electron chi connectivity index (χ4n) is 4.22. The van der Waals surface area contributed by atoms with Crippen molar-refractivity contribution in [3.63, 3.8) is 0 Å².